The quantitative estimate of drug-likeness (QED) is 0.742. The Morgan fingerprint density at radius 3 is 2.00 bits per heavy atom. The molecule has 2 fully saturated rings. The summed E-state index contributed by atoms with van der Waals surface area (Å²) in [5, 5.41) is 0.796. The first-order valence-electron chi connectivity index (χ1n) is 7.72. The summed E-state index contributed by atoms with van der Waals surface area (Å²) in [6.07, 6.45) is 0. The number of benzene rings is 2. The molecule has 24 heavy (non-hydrogen) atoms. The highest BCUT2D eigenvalue weighted by Gasteiger charge is 2.84. The number of halogens is 2. The Kier molecular flexibility index (Phi) is 3.16. The fraction of sp³-hybridized carbons (Fsp3) is 0.263. The summed E-state index contributed by atoms with van der Waals surface area (Å²) < 4.78 is 0. The van der Waals surface area contributed by atoms with E-state index in [1.165, 1.54) is 4.90 Å². The van der Waals surface area contributed by atoms with Crippen molar-refractivity contribution in [1.82, 2.24) is 0 Å². The third kappa shape index (κ3) is 1.74. The Hall–Kier alpha value is -1.84. The van der Waals surface area contributed by atoms with E-state index in [0.29, 0.717) is 15.7 Å². The van der Waals surface area contributed by atoms with Gasteiger partial charge in [-0.25, -0.2) is 4.90 Å². The number of amides is 2. The van der Waals surface area contributed by atoms with Gasteiger partial charge in [-0.05, 0) is 30.7 Å². The molecule has 5 heteroatoms. The molecule has 1 saturated carbocycles. The molecule has 2 aliphatic rings. The fourth-order valence-corrected chi connectivity index (χ4v) is 4.78. The van der Waals surface area contributed by atoms with Crippen LogP contribution in [0.15, 0.2) is 48.5 Å². The standard InChI is InChI=1S/C19H15Cl2NO2/c1-18(11-6-4-3-5-7-11)15-16(23)22(17(24)19(15,18)2)14-9-12(20)8-13(21)10-14/h3-10,15H,1-2H3/t15-,18+,19+/m0/s1. The van der Waals surface area contributed by atoms with Crippen LogP contribution in [-0.4, -0.2) is 11.8 Å². The molecule has 1 aliphatic carbocycles. The second-order valence-corrected chi connectivity index (χ2v) is 7.68. The predicted molar refractivity (Wildman–Crippen MR) is 94.3 cm³/mol. The largest absolute Gasteiger partial charge is 0.274 e. The smallest absolute Gasteiger partial charge is 0.241 e. The fourth-order valence-electron chi connectivity index (χ4n) is 4.26. The molecule has 2 amide bonds. The van der Waals surface area contributed by atoms with Gasteiger partial charge in [-0.2, -0.15) is 0 Å². The van der Waals surface area contributed by atoms with E-state index in [1.807, 2.05) is 44.2 Å². The molecule has 1 aliphatic heterocycles. The number of imide groups is 1. The highest BCUT2D eigenvalue weighted by atomic mass is 35.5. The lowest BCUT2D eigenvalue weighted by molar-refractivity contribution is -0.125. The first-order valence-corrected chi connectivity index (χ1v) is 8.47. The number of carbonyl (C=O) groups is 2. The monoisotopic (exact) mass is 359 g/mol. The van der Waals surface area contributed by atoms with Gasteiger partial charge in [-0.1, -0.05) is 60.5 Å². The third-order valence-electron chi connectivity index (χ3n) is 5.74. The minimum atomic E-state index is -0.736. The van der Waals surface area contributed by atoms with Crippen molar-refractivity contribution in [3.8, 4) is 0 Å². The van der Waals surface area contributed by atoms with Gasteiger partial charge in [0.1, 0.15) is 0 Å². The molecule has 2 aromatic carbocycles. The minimum Gasteiger partial charge on any atom is -0.274 e. The Bertz CT molecular complexity index is 862. The lowest BCUT2D eigenvalue weighted by atomic mass is 9.87. The van der Waals surface area contributed by atoms with Crippen molar-refractivity contribution in [2.24, 2.45) is 11.3 Å². The van der Waals surface area contributed by atoms with E-state index in [4.69, 9.17) is 23.2 Å². The molecule has 0 bridgehead atoms. The van der Waals surface area contributed by atoms with Crippen molar-refractivity contribution in [3.05, 3.63) is 64.1 Å². The number of anilines is 1. The van der Waals surface area contributed by atoms with Gasteiger partial charge in [0.2, 0.25) is 11.8 Å². The Morgan fingerprint density at radius 1 is 0.917 bits per heavy atom. The Labute approximate surface area is 150 Å². The van der Waals surface area contributed by atoms with Crippen molar-refractivity contribution in [2.75, 3.05) is 4.90 Å². The summed E-state index contributed by atoms with van der Waals surface area (Å²) >= 11 is 12.0. The molecule has 1 heterocycles. The van der Waals surface area contributed by atoms with E-state index >= 15 is 0 Å². The highest BCUT2D eigenvalue weighted by Crippen LogP contribution is 2.73. The molecule has 4 rings (SSSR count). The summed E-state index contributed by atoms with van der Waals surface area (Å²) in [4.78, 5) is 27.3. The maximum absolute atomic E-state index is 13.1. The Balaban J connectivity index is 1.77. The van der Waals surface area contributed by atoms with E-state index in [-0.39, 0.29) is 17.7 Å². The second-order valence-electron chi connectivity index (χ2n) is 6.81. The zero-order chi connectivity index (χ0) is 17.3. The predicted octanol–water partition coefficient (Wildman–Crippen LogP) is 4.46. The molecule has 3 atom stereocenters. The van der Waals surface area contributed by atoms with Gasteiger partial charge in [-0.3, -0.25) is 9.59 Å². The first-order chi connectivity index (χ1) is 11.3. The summed E-state index contributed by atoms with van der Waals surface area (Å²) in [6.45, 7) is 3.86. The van der Waals surface area contributed by atoms with Crippen molar-refractivity contribution < 1.29 is 9.59 Å². The van der Waals surface area contributed by atoms with Gasteiger partial charge in [0.15, 0.2) is 0 Å². The van der Waals surface area contributed by atoms with E-state index in [0.717, 1.165) is 5.56 Å². The van der Waals surface area contributed by atoms with Gasteiger partial charge >= 0.3 is 0 Å². The summed E-state index contributed by atoms with van der Waals surface area (Å²) in [6, 6.07) is 14.5. The van der Waals surface area contributed by atoms with Crippen LogP contribution >= 0.6 is 23.2 Å². The average molecular weight is 360 g/mol. The maximum Gasteiger partial charge on any atom is 0.241 e. The van der Waals surface area contributed by atoms with Gasteiger partial charge in [0.25, 0.3) is 0 Å². The molecule has 0 radical (unpaired) electrons. The zero-order valence-corrected chi connectivity index (χ0v) is 14.7. The van der Waals surface area contributed by atoms with Crippen LogP contribution in [0.5, 0.6) is 0 Å². The van der Waals surface area contributed by atoms with Crippen molar-refractivity contribution in [2.45, 2.75) is 19.3 Å². The molecular formula is C19H15Cl2NO2. The van der Waals surface area contributed by atoms with Gasteiger partial charge in [0, 0.05) is 15.5 Å². The Morgan fingerprint density at radius 2 is 1.50 bits per heavy atom. The molecule has 1 saturated heterocycles. The first kappa shape index (κ1) is 15.7. The second kappa shape index (κ2) is 4.84. The van der Waals surface area contributed by atoms with E-state index < -0.39 is 10.8 Å². The third-order valence-corrected chi connectivity index (χ3v) is 6.18. The molecular weight excluding hydrogens is 345 g/mol. The van der Waals surface area contributed by atoms with Crippen molar-refractivity contribution >= 4 is 40.7 Å². The SMILES string of the molecule is C[C@]12C(=O)N(c3cc(Cl)cc(Cl)c3)C(=O)[C@H]1[C@@]2(C)c1ccccc1. The zero-order valence-electron chi connectivity index (χ0n) is 13.2. The maximum atomic E-state index is 13.1. The van der Waals surface area contributed by atoms with Gasteiger partial charge in [-0.15, -0.1) is 0 Å². The summed E-state index contributed by atoms with van der Waals surface area (Å²) in [5.74, 6) is -0.743. The number of hydrogen-bond acceptors (Lipinski definition) is 2. The molecule has 3 nitrogen and oxygen atoms in total. The molecule has 0 aromatic heterocycles. The van der Waals surface area contributed by atoms with Crippen LogP contribution in [0.2, 0.25) is 10.0 Å². The van der Waals surface area contributed by atoms with Crippen LogP contribution in [0.3, 0.4) is 0 Å². The molecule has 0 unspecified atom stereocenters. The van der Waals surface area contributed by atoms with E-state index in [1.54, 1.807) is 18.2 Å². The minimum absolute atomic E-state index is 0.188. The van der Waals surface area contributed by atoms with Crippen LogP contribution in [0.25, 0.3) is 0 Å². The van der Waals surface area contributed by atoms with Crippen LogP contribution in [0.4, 0.5) is 5.69 Å². The average Bonchev–Trinajstić information content (AvgIpc) is 2.97. The lowest BCUT2D eigenvalue weighted by Crippen LogP contribution is -2.40. The van der Waals surface area contributed by atoms with Gasteiger partial charge < -0.3 is 0 Å². The van der Waals surface area contributed by atoms with Crippen LogP contribution < -0.4 is 4.90 Å². The normalized spacial score (nSPS) is 31.3. The van der Waals surface area contributed by atoms with Crippen LogP contribution in [0, 0.1) is 11.3 Å². The number of rotatable bonds is 2. The number of carbonyl (C=O) groups excluding carboxylic acids is 2. The highest BCUT2D eigenvalue weighted by molar-refractivity contribution is 6.36. The van der Waals surface area contributed by atoms with Crippen molar-refractivity contribution in [1.29, 1.82) is 0 Å². The van der Waals surface area contributed by atoms with Crippen LogP contribution in [0.1, 0.15) is 19.4 Å². The number of nitrogens with zero attached hydrogens (tertiary/aromatic N) is 1. The molecule has 122 valence electrons. The number of fused-ring (bicyclic) bond motifs is 1. The summed E-state index contributed by atoms with van der Waals surface area (Å²) in [7, 11) is 0. The summed E-state index contributed by atoms with van der Waals surface area (Å²) in [5.41, 5.74) is 0.246. The van der Waals surface area contributed by atoms with Gasteiger partial charge in [0.05, 0.1) is 17.0 Å². The molecule has 0 spiro atoms. The number of piperidine rings is 1. The number of hydrogen-bond donors (Lipinski definition) is 0. The lowest BCUT2D eigenvalue weighted by Gasteiger charge is -2.26. The van der Waals surface area contributed by atoms with E-state index in [9.17, 15) is 9.59 Å². The molecule has 0 N–H and O–H groups in total. The van der Waals surface area contributed by atoms with E-state index in [2.05, 4.69) is 0 Å². The van der Waals surface area contributed by atoms with Crippen LogP contribution in [-0.2, 0) is 15.0 Å². The van der Waals surface area contributed by atoms with Crippen molar-refractivity contribution in [3.63, 3.8) is 0 Å². The molecule has 2 aromatic rings. The topological polar surface area (TPSA) is 37.4 Å².